The zero-order valence-electron chi connectivity index (χ0n) is 13.5. The molecule has 1 amide bonds. The van der Waals surface area contributed by atoms with Crippen LogP contribution in [0.1, 0.15) is 34.3 Å². The summed E-state index contributed by atoms with van der Waals surface area (Å²) in [5.74, 6) is -0.0707. The molecular formula is C16H19N5O3. The number of pyridine rings is 1. The van der Waals surface area contributed by atoms with Gasteiger partial charge in [-0.15, -0.1) is 5.10 Å². The molecule has 1 saturated heterocycles. The van der Waals surface area contributed by atoms with Gasteiger partial charge in [-0.3, -0.25) is 4.79 Å². The molecule has 4 rings (SSSR count). The van der Waals surface area contributed by atoms with Crippen molar-refractivity contribution < 1.29 is 14.3 Å². The van der Waals surface area contributed by atoms with E-state index in [4.69, 9.17) is 9.47 Å². The molecule has 126 valence electrons. The minimum Gasteiger partial charge on any atom is -0.378 e. The first kappa shape index (κ1) is 15.2. The van der Waals surface area contributed by atoms with Gasteiger partial charge in [0.15, 0.2) is 0 Å². The first-order valence-electron chi connectivity index (χ1n) is 8.01. The maximum Gasteiger partial charge on any atom is 0.272 e. The summed E-state index contributed by atoms with van der Waals surface area (Å²) >= 11 is 0. The van der Waals surface area contributed by atoms with E-state index in [-0.39, 0.29) is 18.1 Å². The Bertz CT molecular complexity index is 747. The molecule has 0 N–H and O–H groups in total. The van der Waals surface area contributed by atoms with Gasteiger partial charge in [-0.25, -0.2) is 9.67 Å². The minimum atomic E-state index is -0.0707. The number of rotatable bonds is 3. The van der Waals surface area contributed by atoms with Crippen molar-refractivity contribution in [1.82, 2.24) is 24.9 Å². The molecule has 8 heteroatoms. The molecule has 2 aromatic rings. The number of methoxy groups -OCH3 is 1. The summed E-state index contributed by atoms with van der Waals surface area (Å²) in [6.07, 6.45) is 2.58. The molecule has 0 aliphatic carbocycles. The maximum atomic E-state index is 12.8. The van der Waals surface area contributed by atoms with Crippen LogP contribution in [-0.2, 0) is 22.7 Å². The molecular weight excluding hydrogens is 310 g/mol. The largest absolute Gasteiger partial charge is 0.378 e. The van der Waals surface area contributed by atoms with Crippen molar-refractivity contribution >= 4 is 5.91 Å². The third-order valence-corrected chi connectivity index (χ3v) is 4.53. The Morgan fingerprint density at radius 1 is 1.46 bits per heavy atom. The quantitative estimate of drug-likeness (QED) is 0.828. The second-order valence-electron chi connectivity index (χ2n) is 6.07. The van der Waals surface area contributed by atoms with Crippen LogP contribution in [0.2, 0.25) is 0 Å². The summed E-state index contributed by atoms with van der Waals surface area (Å²) in [6.45, 7) is 2.13. The fourth-order valence-corrected chi connectivity index (χ4v) is 3.35. The number of nitrogens with zero attached hydrogens (tertiary/aromatic N) is 5. The Balaban J connectivity index is 1.54. The Labute approximate surface area is 139 Å². The van der Waals surface area contributed by atoms with Gasteiger partial charge in [-0.2, -0.15) is 0 Å². The highest BCUT2D eigenvalue weighted by molar-refractivity contribution is 5.92. The lowest BCUT2D eigenvalue weighted by Crippen LogP contribution is -2.50. The Kier molecular flexibility index (Phi) is 3.99. The van der Waals surface area contributed by atoms with E-state index in [0.717, 1.165) is 17.8 Å². The van der Waals surface area contributed by atoms with E-state index in [1.54, 1.807) is 19.4 Å². The van der Waals surface area contributed by atoms with Gasteiger partial charge in [-0.1, -0.05) is 11.3 Å². The van der Waals surface area contributed by atoms with Gasteiger partial charge in [0.2, 0.25) is 0 Å². The molecule has 0 saturated carbocycles. The summed E-state index contributed by atoms with van der Waals surface area (Å²) in [6, 6.07) is 5.44. The van der Waals surface area contributed by atoms with Crippen molar-refractivity contribution in [3.05, 3.63) is 41.5 Å². The van der Waals surface area contributed by atoms with Crippen LogP contribution in [-0.4, -0.2) is 57.1 Å². The fourth-order valence-electron chi connectivity index (χ4n) is 3.35. The van der Waals surface area contributed by atoms with Gasteiger partial charge in [0.05, 0.1) is 42.9 Å². The molecule has 2 aromatic heterocycles. The zero-order chi connectivity index (χ0) is 16.5. The number of carbonyl (C=O) groups excluding carboxylic acids is 1. The third-order valence-electron chi connectivity index (χ3n) is 4.53. The van der Waals surface area contributed by atoms with E-state index in [0.29, 0.717) is 32.0 Å². The molecule has 2 aliphatic heterocycles. The molecule has 1 fully saturated rings. The van der Waals surface area contributed by atoms with Crippen LogP contribution in [0.25, 0.3) is 0 Å². The number of hydrogen-bond acceptors (Lipinski definition) is 6. The number of hydrogen-bond donors (Lipinski definition) is 0. The van der Waals surface area contributed by atoms with E-state index >= 15 is 0 Å². The Hall–Kier alpha value is -2.32. The number of amides is 1. The average molecular weight is 329 g/mol. The highest BCUT2D eigenvalue weighted by Gasteiger charge is 2.38. The monoisotopic (exact) mass is 329 g/mol. The summed E-state index contributed by atoms with van der Waals surface area (Å²) in [5.41, 5.74) is 2.14. The lowest BCUT2D eigenvalue weighted by Gasteiger charge is -2.40. The number of carbonyl (C=O) groups is 1. The number of piperidine rings is 1. The average Bonchev–Trinajstić information content (AvgIpc) is 3.10. The molecule has 4 heterocycles. The molecule has 0 radical (unpaired) electrons. The van der Waals surface area contributed by atoms with Crippen molar-refractivity contribution in [2.45, 2.75) is 31.8 Å². The summed E-state index contributed by atoms with van der Waals surface area (Å²) < 4.78 is 12.9. The fraction of sp³-hybridized carbons (Fsp3) is 0.500. The first-order chi connectivity index (χ1) is 11.8. The van der Waals surface area contributed by atoms with E-state index in [2.05, 4.69) is 15.3 Å². The van der Waals surface area contributed by atoms with Crippen LogP contribution in [0.15, 0.2) is 24.4 Å². The molecule has 2 atom stereocenters. The molecule has 2 aliphatic rings. The van der Waals surface area contributed by atoms with Crippen LogP contribution in [0, 0.1) is 0 Å². The van der Waals surface area contributed by atoms with Crippen molar-refractivity contribution in [3.63, 3.8) is 0 Å². The van der Waals surface area contributed by atoms with Crippen LogP contribution in [0.3, 0.4) is 0 Å². The van der Waals surface area contributed by atoms with Crippen molar-refractivity contribution in [1.29, 1.82) is 0 Å². The Morgan fingerprint density at radius 3 is 3.25 bits per heavy atom. The van der Waals surface area contributed by atoms with Gasteiger partial charge >= 0.3 is 0 Å². The molecule has 0 aromatic carbocycles. The second-order valence-corrected chi connectivity index (χ2v) is 6.07. The summed E-state index contributed by atoms with van der Waals surface area (Å²) in [7, 11) is 1.61. The molecule has 24 heavy (non-hydrogen) atoms. The first-order valence-corrected chi connectivity index (χ1v) is 8.01. The number of ether oxygens (including phenoxy) is 2. The predicted molar refractivity (Wildman–Crippen MR) is 83.1 cm³/mol. The highest BCUT2D eigenvalue weighted by Crippen LogP contribution is 2.30. The normalized spacial score (nSPS) is 22.8. The number of aromatic nitrogens is 4. The lowest BCUT2D eigenvalue weighted by atomic mass is 10.00. The van der Waals surface area contributed by atoms with Gasteiger partial charge in [-0.05, 0) is 18.6 Å². The van der Waals surface area contributed by atoms with Gasteiger partial charge in [0.1, 0.15) is 5.69 Å². The molecule has 8 nitrogen and oxygen atoms in total. The van der Waals surface area contributed by atoms with Crippen molar-refractivity contribution in [2.24, 2.45) is 0 Å². The lowest BCUT2D eigenvalue weighted by molar-refractivity contribution is -0.0605. The minimum absolute atomic E-state index is 0.0103. The van der Waals surface area contributed by atoms with Crippen molar-refractivity contribution in [3.8, 4) is 0 Å². The molecule has 0 spiro atoms. The van der Waals surface area contributed by atoms with E-state index in [9.17, 15) is 4.79 Å². The summed E-state index contributed by atoms with van der Waals surface area (Å²) in [4.78, 5) is 19.0. The third kappa shape index (κ3) is 2.67. The predicted octanol–water partition coefficient (Wildman–Crippen LogP) is 0.805. The van der Waals surface area contributed by atoms with E-state index in [1.165, 1.54) is 0 Å². The van der Waals surface area contributed by atoms with Crippen LogP contribution < -0.4 is 0 Å². The zero-order valence-corrected chi connectivity index (χ0v) is 13.5. The molecule has 0 bridgehead atoms. The standard InChI is InChI=1S/C16H19N5O3/c1-23-9-11-3-2-4-13(18-11)16(22)20-6-5-15-14(8-20)21-12(10-24-15)7-17-19-21/h2-4,7,14-15H,5-6,8-10H2,1H3/t14-,15-/m1/s1. The maximum absolute atomic E-state index is 12.8. The number of fused-ring (bicyclic) bond motifs is 3. The smallest absolute Gasteiger partial charge is 0.272 e. The van der Waals surface area contributed by atoms with Crippen LogP contribution in [0.5, 0.6) is 0 Å². The molecule has 0 unspecified atom stereocenters. The van der Waals surface area contributed by atoms with E-state index in [1.807, 2.05) is 21.7 Å². The van der Waals surface area contributed by atoms with Crippen LogP contribution >= 0.6 is 0 Å². The van der Waals surface area contributed by atoms with Gasteiger partial charge < -0.3 is 14.4 Å². The number of likely N-dealkylation sites (tertiary alicyclic amines) is 1. The van der Waals surface area contributed by atoms with Gasteiger partial charge in [0, 0.05) is 20.2 Å². The van der Waals surface area contributed by atoms with Gasteiger partial charge in [0.25, 0.3) is 5.91 Å². The second kappa shape index (κ2) is 6.29. The van der Waals surface area contributed by atoms with Crippen LogP contribution in [0.4, 0.5) is 0 Å². The van der Waals surface area contributed by atoms with E-state index < -0.39 is 0 Å². The summed E-state index contributed by atoms with van der Waals surface area (Å²) in [5, 5.41) is 8.12. The van der Waals surface area contributed by atoms with Crippen molar-refractivity contribution in [2.75, 3.05) is 20.2 Å². The Morgan fingerprint density at radius 2 is 2.38 bits per heavy atom. The SMILES string of the molecule is COCc1cccc(C(=O)N2CC[C@H]3OCc4cnnn4[C@@H]3C2)n1. The topological polar surface area (TPSA) is 82.4 Å². The highest BCUT2D eigenvalue weighted by atomic mass is 16.5.